The first-order chi connectivity index (χ1) is 4.54. The highest BCUT2D eigenvalue weighted by atomic mass is 32.2. The van der Waals surface area contributed by atoms with Gasteiger partial charge in [0.05, 0.1) is 5.75 Å². The zero-order valence-corrected chi connectivity index (χ0v) is 7.99. The van der Waals surface area contributed by atoms with Gasteiger partial charge < -0.3 is 0 Å². The molecule has 2 heteroatoms. The third kappa shape index (κ3) is 4.86. The van der Waals surface area contributed by atoms with E-state index in [2.05, 4.69) is 20.8 Å². The van der Waals surface area contributed by atoms with Gasteiger partial charge in [-0.25, -0.2) is 0 Å². The van der Waals surface area contributed by atoms with E-state index in [0.717, 1.165) is 0 Å². The molecule has 0 heterocycles. The molecule has 10 heavy (non-hydrogen) atoms. The molecular formula is C8H16OS. The molecule has 0 fully saturated rings. The standard InChI is InChI=1S/C8H16OS/c1-6(2)8(4)10-5-7(3)9/h6,8H,5H2,1-4H3. The first kappa shape index (κ1) is 10.0. The summed E-state index contributed by atoms with van der Waals surface area (Å²) in [4.78, 5) is 10.5. The van der Waals surface area contributed by atoms with Crippen molar-refractivity contribution in [1.29, 1.82) is 0 Å². The fraction of sp³-hybridized carbons (Fsp3) is 0.875. The largest absolute Gasteiger partial charge is 0.299 e. The number of carbonyl (C=O) groups is 1. The van der Waals surface area contributed by atoms with Gasteiger partial charge in [-0.3, -0.25) is 4.79 Å². The van der Waals surface area contributed by atoms with Crippen LogP contribution in [0.25, 0.3) is 0 Å². The lowest BCUT2D eigenvalue weighted by atomic mass is 10.2. The summed E-state index contributed by atoms with van der Waals surface area (Å²) >= 11 is 1.74. The van der Waals surface area contributed by atoms with Gasteiger partial charge in [-0.2, -0.15) is 11.8 Å². The second-order valence-corrected chi connectivity index (χ2v) is 4.33. The Bertz CT molecular complexity index is 110. The molecule has 1 unspecified atom stereocenters. The van der Waals surface area contributed by atoms with Crippen LogP contribution in [0.4, 0.5) is 0 Å². The summed E-state index contributed by atoms with van der Waals surface area (Å²) in [5.41, 5.74) is 0. The van der Waals surface area contributed by atoms with E-state index in [-0.39, 0.29) is 5.78 Å². The van der Waals surface area contributed by atoms with Crippen LogP contribution in [0.5, 0.6) is 0 Å². The van der Waals surface area contributed by atoms with Crippen molar-refractivity contribution >= 4 is 17.5 Å². The maximum atomic E-state index is 10.5. The molecule has 0 spiro atoms. The van der Waals surface area contributed by atoms with Gasteiger partial charge in [0.25, 0.3) is 0 Å². The molecule has 0 aromatic rings. The summed E-state index contributed by atoms with van der Waals surface area (Å²) < 4.78 is 0. The molecule has 0 aliphatic rings. The van der Waals surface area contributed by atoms with Crippen LogP contribution in [0.3, 0.4) is 0 Å². The maximum Gasteiger partial charge on any atom is 0.139 e. The molecule has 0 saturated heterocycles. The highest BCUT2D eigenvalue weighted by Crippen LogP contribution is 2.17. The van der Waals surface area contributed by atoms with Crippen molar-refractivity contribution < 1.29 is 4.79 Å². The smallest absolute Gasteiger partial charge is 0.139 e. The van der Waals surface area contributed by atoms with Crippen LogP contribution in [0.1, 0.15) is 27.7 Å². The lowest BCUT2D eigenvalue weighted by molar-refractivity contribution is -0.114. The topological polar surface area (TPSA) is 17.1 Å². The van der Waals surface area contributed by atoms with E-state index in [1.165, 1.54) is 0 Å². The van der Waals surface area contributed by atoms with Gasteiger partial charge in [0, 0.05) is 5.25 Å². The lowest BCUT2D eigenvalue weighted by Crippen LogP contribution is -2.08. The molecule has 0 aromatic carbocycles. The molecule has 0 rings (SSSR count). The van der Waals surface area contributed by atoms with Crippen molar-refractivity contribution in [2.24, 2.45) is 5.92 Å². The fourth-order valence-electron chi connectivity index (χ4n) is 0.441. The molecule has 0 aromatic heterocycles. The lowest BCUT2D eigenvalue weighted by Gasteiger charge is -2.13. The minimum Gasteiger partial charge on any atom is -0.299 e. The van der Waals surface area contributed by atoms with Crippen LogP contribution >= 0.6 is 11.8 Å². The Morgan fingerprint density at radius 1 is 1.40 bits per heavy atom. The number of thioether (sulfide) groups is 1. The number of hydrogen-bond acceptors (Lipinski definition) is 2. The fourth-order valence-corrected chi connectivity index (χ4v) is 1.32. The van der Waals surface area contributed by atoms with Gasteiger partial charge in [-0.15, -0.1) is 0 Å². The Labute approximate surface area is 67.6 Å². The van der Waals surface area contributed by atoms with E-state index in [1.807, 2.05) is 0 Å². The summed E-state index contributed by atoms with van der Waals surface area (Å²) in [6.45, 7) is 8.16. The zero-order chi connectivity index (χ0) is 8.15. The average Bonchev–Trinajstić information content (AvgIpc) is 1.82. The SMILES string of the molecule is CC(=O)CSC(C)C(C)C. The summed E-state index contributed by atoms with van der Waals surface area (Å²) in [6.07, 6.45) is 0. The maximum absolute atomic E-state index is 10.5. The molecule has 1 atom stereocenters. The van der Waals surface area contributed by atoms with Crippen LogP contribution in [-0.4, -0.2) is 16.8 Å². The van der Waals surface area contributed by atoms with E-state index in [9.17, 15) is 4.79 Å². The Hall–Kier alpha value is 0.0200. The van der Waals surface area contributed by atoms with E-state index >= 15 is 0 Å². The summed E-state index contributed by atoms with van der Waals surface area (Å²) in [5.74, 6) is 1.61. The number of rotatable bonds is 4. The number of carbonyl (C=O) groups excluding carboxylic acids is 1. The molecule has 0 bridgehead atoms. The van der Waals surface area contributed by atoms with Gasteiger partial charge >= 0.3 is 0 Å². The number of hydrogen-bond donors (Lipinski definition) is 0. The number of Topliss-reactive ketones (excluding diaryl/α,β-unsaturated/α-hetero) is 1. The molecular weight excluding hydrogens is 144 g/mol. The summed E-state index contributed by atoms with van der Waals surface area (Å²) in [5, 5.41) is 0.601. The second kappa shape index (κ2) is 4.78. The van der Waals surface area contributed by atoms with Gasteiger partial charge in [0.15, 0.2) is 0 Å². The average molecular weight is 160 g/mol. The molecule has 1 nitrogen and oxygen atoms in total. The Kier molecular flexibility index (Phi) is 4.79. The molecule has 0 saturated carbocycles. The summed E-state index contributed by atoms with van der Waals surface area (Å²) in [6, 6.07) is 0. The third-order valence-electron chi connectivity index (χ3n) is 1.49. The van der Waals surface area contributed by atoms with Crippen LogP contribution in [0.2, 0.25) is 0 Å². The van der Waals surface area contributed by atoms with E-state index in [1.54, 1.807) is 18.7 Å². The predicted molar refractivity (Wildman–Crippen MR) is 47.4 cm³/mol. The molecule has 0 aliphatic carbocycles. The van der Waals surface area contributed by atoms with Crippen LogP contribution in [0, 0.1) is 5.92 Å². The van der Waals surface area contributed by atoms with E-state index < -0.39 is 0 Å². The minimum atomic E-state index is 0.275. The third-order valence-corrected chi connectivity index (χ3v) is 3.13. The molecule has 0 radical (unpaired) electrons. The van der Waals surface area contributed by atoms with Gasteiger partial charge in [0.2, 0.25) is 0 Å². The van der Waals surface area contributed by atoms with Crippen molar-refractivity contribution in [3.8, 4) is 0 Å². The quantitative estimate of drug-likeness (QED) is 0.628. The number of ketones is 1. The van der Waals surface area contributed by atoms with E-state index in [4.69, 9.17) is 0 Å². The van der Waals surface area contributed by atoms with Crippen LogP contribution < -0.4 is 0 Å². The highest BCUT2D eigenvalue weighted by molar-refractivity contribution is 8.00. The molecule has 0 amide bonds. The second-order valence-electron chi connectivity index (χ2n) is 2.96. The normalized spacial score (nSPS) is 13.7. The van der Waals surface area contributed by atoms with Gasteiger partial charge in [0.1, 0.15) is 5.78 Å². The predicted octanol–water partition coefficient (Wildman–Crippen LogP) is 2.35. The zero-order valence-electron chi connectivity index (χ0n) is 7.18. The van der Waals surface area contributed by atoms with Crippen LogP contribution in [-0.2, 0) is 4.79 Å². The van der Waals surface area contributed by atoms with Gasteiger partial charge in [-0.1, -0.05) is 20.8 Å². The monoisotopic (exact) mass is 160 g/mol. The Morgan fingerprint density at radius 3 is 2.20 bits per heavy atom. The van der Waals surface area contributed by atoms with Gasteiger partial charge in [-0.05, 0) is 12.8 Å². The van der Waals surface area contributed by atoms with Crippen molar-refractivity contribution in [2.75, 3.05) is 5.75 Å². The molecule has 60 valence electrons. The molecule has 0 aliphatic heterocycles. The highest BCUT2D eigenvalue weighted by Gasteiger charge is 2.07. The van der Waals surface area contributed by atoms with Crippen molar-refractivity contribution in [2.45, 2.75) is 32.9 Å². The first-order valence-corrected chi connectivity index (χ1v) is 4.70. The minimum absolute atomic E-state index is 0.275. The van der Waals surface area contributed by atoms with E-state index in [0.29, 0.717) is 16.9 Å². The first-order valence-electron chi connectivity index (χ1n) is 3.65. The summed E-state index contributed by atoms with van der Waals surface area (Å²) in [7, 11) is 0. The van der Waals surface area contributed by atoms with Crippen molar-refractivity contribution in [3.63, 3.8) is 0 Å². The Balaban J connectivity index is 3.39. The molecule has 0 N–H and O–H groups in total. The van der Waals surface area contributed by atoms with Crippen molar-refractivity contribution in [3.05, 3.63) is 0 Å². The van der Waals surface area contributed by atoms with Crippen LogP contribution in [0.15, 0.2) is 0 Å². The van der Waals surface area contributed by atoms with Crippen molar-refractivity contribution in [1.82, 2.24) is 0 Å². The Morgan fingerprint density at radius 2 is 1.90 bits per heavy atom.